The number of hydrogen-bond donors (Lipinski definition) is 1. The van der Waals surface area contributed by atoms with E-state index in [4.69, 9.17) is 11.6 Å². The molecule has 0 aromatic rings. The first-order valence-electron chi connectivity index (χ1n) is 6.04. The molecule has 1 aliphatic rings. The Morgan fingerprint density at radius 2 is 2.06 bits per heavy atom. The lowest BCUT2D eigenvalue weighted by Crippen LogP contribution is -2.28. The van der Waals surface area contributed by atoms with Gasteiger partial charge in [0.05, 0.1) is 0 Å². The van der Waals surface area contributed by atoms with Crippen LogP contribution in [0.15, 0.2) is 34.9 Å². The molecule has 0 radical (unpaired) electrons. The molecule has 0 aromatic carbocycles. The SMILES string of the molecule is CC(C)NC[C@@H](C)/C1=C/CC=C(Cl)CC=C1. The Morgan fingerprint density at radius 1 is 1.31 bits per heavy atom. The van der Waals surface area contributed by atoms with E-state index in [1.165, 1.54) is 5.57 Å². The molecule has 16 heavy (non-hydrogen) atoms. The molecule has 0 heterocycles. The zero-order valence-corrected chi connectivity index (χ0v) is 11.2. The van der Waals surface area contributed by atoms with Crippen LogP contribution in [0.1, 0.15) is 33.6 Å². The smallest absolute Gasteiger partial charge is 0.0182 e. The van der Waals surface area contributed by atoms with Crippen LogP contribution >= 0.6 is 11.6 Å². The van der Waals surface area contributed by atoms with E-state index in [0.717, 1.165) is 24.4 Å². The molecule has 0 bridgehead atoms. The summed E-state index contributed by atoms with van der Waals surface area (Å²) in [6.45, 7) is 7.65. The second-order valence-electron chi connectivity index (χ2n) is 4.66. The second kappa shape index (κ2) is 6.93. The van der Waals surface area contributed by atoms with Crippen molar-refractivity contribution < 1.29 is 0 Å². The summed E-state index contributed by atoms with van der Waals surface area (Å²) in [4.78, 5) is 0. The zero-order chi connectivity index (χ0) is 12.0. The summed E-state index contributed by atoms with van der Waals surface area (Å²) in [6.07, 6.45) is 10.5. The lowest BCUT2D eigenvalue weighted by Gasteiger charge is -2.17. The van der Waals surface area contributed by atoms with Crippen molar-refractivity contribution in [1.82, 2.24) is 5.32 Å². The molecular formula is C14H22ClN. The first kappa shape index (κ1) is 13.5. The Kier molecular flexibility index (Phi) is 5.86. The van der Waals surface area contributed by atoms with Gasteiger partial charge in [-0.2, -0.15) is 0 Å². The van der Waals surface area contributed by atoms with Crippen LogP contribution in [0.5, 0.6) is 0 Å². The number of nitrogens with one attached hydrogen (secondary N) is 1. The van der Waals surface area contributed by atoms with Gasteiger partial charge in [0.1, 0.15) is 0 Å². The van der Waals surface area contributed by atoms with E-state index in [1.807, 2.05) is 0 Å². The third kappa shape index (κ3) is 5.00. The zero-order valence-electron chi connectivity index (χ0n) is 10.5. The molecular weight excluding hydrogens is 218 g/mol. The maximum atomic E-state index is 5.99. The largest absolute Gasteiger partial charge is 0.314 e. The van der Waals surface area contributed by atoms with Crippen molar-refractivity contribution in [2.75, 3.05) is 6.54 Å². The summed E-state index contributed by atoms with van der Waals surface area (Å²) in [5.41, 5.74) is 1.41. The summed E-state index contributed by atoms with van der Waals surface area (Å²) in [5, 5.41) is 4.42. The van der Waals surface area contributed by atoms with Crippen molar-refractivity contribution in [2.45, 2.75) is 39.7 Å². The van der Waals surface area contributed by atoms with Crippen molar-refractivity contribution in [3.05, 3.63) is 34.9 Å². The van der Waals surface area contributed by atoms with Gasteiger partial charge in [-0.1, -0.05) is 56.7 Å². The van der Waals surface area contributed by atoms with E-state index in [1.54, 1.807) is 0 Å². The van der Waals surface area contributed by atoms with Crippen molar-refractivity contribution in [3.63, 3.8) is 0 Å². The van der Waals surface area contributed by atoms with Gasteiger partial charge >= 0.3 is 0 Å². The number of hydrogen-bond acceptors (Lipinski definition) is 1. The van der Waals surface area contributed by atoms with Gasteiger partial charge in [-0.05, 0) is 17.9 Å². The predicted molar refractivity (Wildman–Crippen MR) is 72.7 cm³/mol. The molecule has 1 rings (SSSR count). The van der Waals surface area contributed by atoms with Crippen LogP contribution in [-0.4, -0.2) is 12.6 Å². The predicted octanol–water partition coefficient (Wildman–Crippen LogP) is 4.02. The van der Waals surface area contributed by atoms with Crippen LogP contribution in [0.25, 0.3) is 0 Å². The van der Waals surface area contributed by atoms with Crippen LogP contribution in [0.3, 0.4) is 0 Å². The molecule has 1 atom stereocenters. The van der Waals surface area contributed by atoms with Gasteiger partial charge in [-0.25, -0.2) is 0 Å². The summed E-state index contributed by atoms with van der Waals surface area (Å²) in [7, 11) is 0. The molecule has 0 unspecified atom stereocenters. The summed E-state index contributed by atoms with van der Waals surface area (Å²) >= 11 is 5.99. The molecule has 0 fully saturated rings. The highest BCUT2D eigenvalue weighted by atomic mass is 35.5. The Hall–Kier alpha value is -0.530. The first-order chi connectivity index (χ1) is 7.59. The van der Waals surface area contributed by atoms with Crippen LogP contribution in [0, 0.1) is 5.92 Å². The van der Waals surface area contributed by atoms with E-state index in [0.29, 0.717) is 12.0 Å². The third-order valence-corrected chi connectivity index (χ3v) is 3.03. The second-order valence-corrected chi connectivity index (χ2v) is 5.15. The Balaban J connectivity index is 2.55. The molecule has 2 heteroatoms. The van der Waals surface area contributed by atoms with E-state index < -0.39 is 0 Å². The molecule has 0 aromatic heterocycles. The molecule has 1 N–H and O–H groups in total. The quantitative estimate of drug-likeness (QED) is 0.782. The Labute approximate surface area is 104 Å². The highest BCUT2D eigenvalue weighted by molar-refractivity contribution is 6.29. The molecule has 90 valence electrons. The fraction of sp³-hybridized carbons (Fsp3) is 0.571. The van der Waals surface area contributed by atoms with Gasteiger partial charge in [0, 0.05) is 24.0 Å². The maximum absolute atomic E-state index is 5.99. The molecule has 0 spiro atoms. The van der Waals surface area contributed by atoms with Crippen LogP contribution < -0.4 is 5.32 Å². The highest BCUT2D eigenvalue weighted by Gasteiger charge is 2.07. The van der Waals surface area contributed by atoms with Gasteiger partial charge in [0.2, 0.25) is 0 Å². The van der Waals surface area contributed by atoms with Gasteiger partial charge < -0.3 is 5.32 Å². The average Bonchev–Trinajstić information content (AvgIpc) is 2.19. The van der Waals surface area contributed by atoms with Crippen LogP contribution in [-0.2, 0) is 0 Å². The summed E-state index contributed by atoms with van der Waals surface area (Å²) in [5.74, 6) is 0.559. The van der Waals surface area contributed by atoms with Crippen LogP contribution in [0.2, 0.25) is 0 Å². The van der Waals surface area contributed by atoms with Crippen molar-refractivity contribution in [1.29, 1.82) is 0 Å². The molecule has 0 aliphatic heterocycles. The Morgan fingerprint density at radius 3 is 2.75 bits per heavy atom. The minimum atomic E-state index is 0.551. The Bertz CT molecular complexity index is 300. The molecule has 0 saturated heterocycles. The summed E-state index contributed by atoms with van der Waals surface area (Å²) in [6, 6.07) is 0.551. The lowest BCUT2D eigenvalue weighted by atomic mass is 9.97. The number of rotatable bonds is 4. The summed E-state index contributed by atoms with van der Waals surface area (Å²) < 4.78 is 0. The van der Waals surface area contributed by atoms with Crippen molar-refractivity contribution in [3.8, 4) is 0 Å². The molecule has 0 amide bonds. The standard InChI is InChI=1S/C14H22ClN/c1-11(2)16-10-12(3)13-6-4-8-14(15)9-5-7-13/h4,6-7,9,11-12,16H,5,8,10H2,1-3H3/b6-4?,13-7+,14-9?/t12-/m1/s1. The first-order valence-corrected chi connectivity index (χ1v) is 6.42. The molecule has 0 saturated carbocycles. The van der Waals surface area contributed by atoms with Crippen molar-refractivity contribution >= 4 is 11.6 Å². The van der Waals surface area contributed by atoms with E-state index in [2.05, 4.69) is 50.4 Å². The molecule has 1 nitrogen and oxygen atoms in total. The van der Waals surface area contributed by atoms with Crippen LogP contribution in [0.4, 0.5) is 0 Å². The van der Waals surface area contributed by atoms with E-state index in [-0.39, 0.29) is 0 Å². The number of halogens is 1. The fourth-order valence-electron chi connectivity index (χ4n) is 1.68. The fourth-order valence-corrected chi connectivity index (χ4v) is 1.86. The van der Waals surface area contributed by atoms with Gasteiger partial charge in [0.15, 0.2) is 0 Å². The third-order valence-electron chi connectivity index (χ3n) is 2.72. The van der Waals surface area contributed by atoms with Gasteiger partial charge in [0.25, 0.3) is 0 Å². The monoisotopic (exact) mass is 239 g/mol. The van der Waals surface area contributed by atoms with Gasteiger partial charge in [-0.3, -0.25) is 0 Å². The molecule has 1 aliphatic carbocycles. The lowest BCUT2D eigenvalue weighted by molar-refractivity contribution is 0.523. The highest BCUT2D eigenvalue weighted by Crippen LogP contribution is 2.19. The van der Waals surface area contributed by atoms with E-state index >= 15 is 0 Å². The van der Waals surface area contributed by atoms with Crippen molar-refractivity contribution in [2.24, 2.45) is 5.92 Å². The van der Waals surface area contributed by atoms with E-state index in [9.17, 15) is 0 Å². The maximum Gasteiger partial charge on any atom is 0.0182 e. The van der Waals surface area contributed by atoms with Gasteiger partial charge in [-0.15, -0.1) is 0 Å². The minimum absolute atomic E-state index is 0.551. The average molecular weight is 240 g/mol. The normalized spacial score (nSPS) is 22.1. The number of allylic oxidation sites excluding steroid dienone is 5. The topological polar surface area (TPSA) is 12.0 Å². The minimum Gasteiger partial charge on any atom is -0.314 e.